The molecule has 0 unspecified atom stereocenters. The van der Waals surface area contributed by atoms with Gasteiger partial charge in [0.2, 0.25) is 12.0 Å². The van der Waals surface area contributed by atoms with Gasteiger partial charge in [0.05, 0.1) is 39.4 Å². The van der Waals surface area contributed by atoms with Gasteiger partial charge in [-0.15, -0.1) is 5.01 Å². The van der Waals surface area contributed by atoms with E-state index in [-0.39, 0.29) is 27.5 Å². The average Bonchev–Trinajstić information content (AvgIpc) is 3.61. The topological polar surface area (TPSA) is 169 Å². The van der Waals surface area contributed by atoms with Crippen LogP contribution in [0.15, 0.2) is 89.0 Å². The molecule has 4 aromatic rings. The fourth-order valence-electron chi connectivity index (χ4n) is 5.22. The summed E-state index contributed by atoms with van der Waals surface area (Å²) in [4.78, 5) is 43.3. The molecule has 1 atom stereocenters. The molecule has 0 fully saturated rings. The molecule has 2 heterocycles. The third-order valence-electron chi connectivity index (χ3n) is 7.74. The second-order valence-corrected chi connectivity index (χ2v) is 13.3. The van der Waals surface area contributed by atoms with Crippen LogP contribution in [0.3, 0.4) is 0 Å². The Morgan fingerprint density at radius 1 is 1.02 bits per heavy atom. The van der Waals surface area contributed by atoms with Crippen LogP contribution in [0.1, 0.15) is 45.8 Å². The Kier molecular flexibility index (Phi) is 9.67. The lowest BCUT2D eigenvalue weighted by Crippen LogP contribution is -2.51. The first-order chi connectivity index (χ1) is 23.5. The number of benzene rings is 3. The molecule has 0 bridgehead atoms. The van der Waals surface area contributed by atoms with Gasteiger partial charge in [0.15, 0.2) is 11.7 Å². The highest BCUT2D eigenvalue weighted by Gasteiger charge is 2.38. The number of carbonyl (C=O) groups is 3. The number of sulfonamides is 1. The van der Waals surface area contributed by atoms with Gasteiger partial charge >= 0.3 is 6.18 Å². The number of nitrogens with one attached hydrogen (secondary N) is 1. The quantitative estimate of drug-likeness (QED) is 0.100. The summed E-state index contributed by atoms with van der Waals surface area (Å²) in [7, 11) is -3.40. The Morgan fingerprint density at radius 2 is 1.60 bits per heavy atom. The Morgan fingerprint density at radius 3 is 2.14 bits per heavy atom. The van der Waals surface area contributed by atoms with E-state index in [1.807, 2.05) is 11.6 Å². The molecule has 1 aromatic heterocycles. The zero-order chi connectivity index (χ0) is 36.5. The maximum Gasteiger partial charge on any atom is 0.435 e. The fourth-order valence-corrected chi connectivity index (χ4v) is 6.22. The van der Waals surface area contributed by atoms with Crippen LogP contribution in [0.4, 0.5) is 13.2 Å². The number of halogens is 3. The Labute approximate surface area is 283 Å². The molecular formula is C32H30F3N7O7S. The van der Waals surface area contributed by atoms with Crippen LogP contribution in [-0.2, 0) is 25.8 Å². The monoisotopic (exact) mass is 713 g/mol. The first kappa shape index (κ1) is 35.5. The minimum absolute atomic E-state index is 0.115. The van der Waals surface area contributed by atoms with Crippen molar-refractivity contribution in [3.05, 3.63) is 106 Å². The van der Waals surface area contributed by atoms with Gasteiger partial charge in [0.1, 0.15) is 0 Å². The standard InChI is InChI=1S/C32H30F3N7O7S/c1-19(2)28(39(4)42(46)38-49-18-40-30(44)24-7-5-6-8-25(24)31(40)45)29(43)37-50(47,48)23-15-13-22(14-16-23)41-26(17-27(36-41)32(33,34)35)21-11-9-20(3)10-12-21/h5-17,19,28H,18H2,1-4H3,(H,37,43)/t28-/m0/s1. The van der Waals surface area contributed by atoms with E-state index >= 15 is 0 Å². The summed E-state index contributed by atoms with van der Waals surface area (Å²) < 4.78 is 70.1. The molecule has 14 nitrogen and oxygen atoms in total. The number of hydrogen-bond acceptors (Lipinski definition) is 9. The summed E-state index contributed by atoms with van der Waals surface area (Å²) in [6, 6.07) is 17.0. The zero-order valence-corrected chi connectivity index (χ0v) is 27.8. The van der Waals surface area contributed by atoms with Gasteiger partial charge in [-0.2, -0.15) is 18.3 Å². The van der Waals surface area contributed by atoms with Crippen molar-refractivity contribution in [3.8, 4) is 16.9 Å². The number of alkyl halides is 3. The second kappa shape index (κ2) is 13.6. The van der Waals surface area contributed by atoms with E-state index in [1.54, 1.807) is 50.2 Å². The van der Waals surface area contributed by atoms with Crippen molar-refractivity contribution in [1.29, 1.82) is 0 Å². The van der Waals surface area contributed by atoms with Crippen molar-refractivity contribution >= 4 is 27.7 Å². The highest BCUT2D eigenvalue weighted by Crippen LogP contribution is 2.33. The average molecular weight is 714 g/mol. The number of hydrazine groups is 1. The number of nitrogens with zero attached hydrogens (tertiary/aromatic N) is 6. The first-order valence-electron chi connectivity index (χ1n) is 14.9. The second-order valence-electron chi connectivity index (χ2n) is 11.6. The molecule has 0 radical (unpaired) electrons. The lowest BCUT2D eigenvalue weighted by atomic mass is 10.0. The maximum absolute atomic E-state index is 13.6. The smallest absolute Gasteiger partial charge is 0.435 e. The predicted octanol–water partition coefficient (Wildman–Crippen LogP) is 4.69. The Balaban J connectivity index is 1.29. The van der Waals surface area contributed by atoms with E-state index in [4.69, 9.17) is 4.84 Å². The van der Waals surface area contributed by atoms with Crippen LogP contribution in [0.5, 0.6) is 0 Å². The molecule has 1 aliphatic rings. The SMILES string of the molecule is Cc1ccc(-c2cc(C(F)(F)F)nn2-c2ccc(S(=O)(=O)NC(=O)[C@H](C(C)C)N(C)[N+]([O-])=NOCN3C(=O)c4ccccc4C3=O)cc2)cc1. The molecule has 262 valence electrons. The summed E-state index contributed by atoms with van der Waals surface area (Å²) in [5.41, 5.74) is 0.745. The fraction of sp³-hybridized carbons (Fsp3) is 0.250. The van der Waals surface area contributed by atoms with Crippen LogP contribution in [0.2, 0.25) is 0 Å². The number of rotatable bonds is 11. The summed E-state index contributed by atoms with van der Waals surface area (Å²) in [5, 5.41) is 20.5. The van der Waals surface area contributed by atoms with Crippen molar-refractivity contribution in [1.82, 2.24) is 24.4 Å². The molecule has 0 saturated carbocycles. The molecule has 0 aliphatic carbocycles. The van der Waals surface area contributed by atoms with Crippen LogP contribution >= 0.6 is 0 Å². The maximum atomic E-state index is 13.6. The zero-order valence-electron chi connectivity index (χ0n) is 27.0. The van der Waals surface area contributed by atoms with E-state index < -0.39 is 63.2 Å². The van der Waals surface area contributed by atoms with E-state index in [0.29, 0.717) is 5.56 Å². The van der Waals surface area contributed by atoms with Gasteiger partial charge in [-0.25, -0.2) is 22.7 Å². The number of aromatic nitrogens is 2. The van der Waals surface area contributed by atoms with Gasteiger partial charge in [0, 0.05) is 5.56 Å². The van der Waals surface area contributed by atoms with Crippen molar-refractivity contribution in [2.75, 3.05) is 13.8 Å². The highest BCUT2D eigenvalue weighted by molar-refractivity contribution is 7.90. The summed E-state index contributed by atoms with van der Waals surface area (Å²) in [6.07, 6.45) is -4.74. The first-order valence-corrected chi connectivity index (χ1v) is 16.4. The number of imide groups is 1. The third kappa shape index (κ3) is 7.14. The normalized spacial score (nSPS) is 14.2. The van der Waals surface area contributed by atoms with E-state index in [2.05, 4.69) is 10.4 Å². The molecule has 3 amide bonds. The number of carbonyl (C=O) groups excluding carboxylic acids is 3. The van der Waals surface area contributed by atoms with Gasteiger partial charge in [-0.3, -0.25) is 14.4 Å². The number of fused-ring (bicyclic) bond motifs is 1. The third-order valence-corrected chi connectivity index (χ3v) is 9.10. The summed E-state index contributed by atoms with van der Waals surface area (Å²) in [5.74, 6) is -3.05. The Bertz CT molecular complexity index is 2050. The lowest BCUT2D eigenvalue weighted by molar-refractivity contribution is -0.711. The van der Waals surface area contributed by atoms with E-state index in [1.165, 1.54) is 24.3 Å². The summed E-state index contributed by atoms with van der Waals surface area (Å²) in [6.45, 7) is 4.21. The summed E-state index contributed by atoms with van der Waals surface area (Å²) >= 11 is 0. The lowest BCUT2D eigenvalue weighted by Gasteiger charge is -2.25. The molecule has 5 rings (SSSR count). The van der Waals surface area contributed by atoms with Crippen LogP contribution in [0, 0.1) is 18.0 Å². The van der Waals surface area contributed by atoms with Crippen molar-refractivity contribution in [2.45, 2.75) is 37.9 Å². The number of aryl methyl sites for hydroxylation is 1. The Hall–Kier alpha value is -5.78. The van der Waals surface area contributed by atoms with Gasteiger partial charge in [0.25, 0.3) is 27.7 Å². The molecule has 3 aromatic carbocycles. The van der Waals surface area contributed by atoms with Crippen molar-refractivity contribution in [2.24, 2.45) is 11.2 Å². The molecule has 0 spiro atoms. The molecule has 1 N–H and O–H groups in total. The molecule has 18 heteroatoms. The van der Waals surface area contributed by atoms with Crippen LogP contribution < -0.4 is 4.72 Å². The number of amides is 3. The molecule has 50 heavy (non-hydrogen) atoms. The van der Waals surface area contributed by atoms with Crippen LogP contribution in [-0.4, -0.2) is 70.6 Å². The molecule has 1 aliphatic heterocycles. The van der Waals surface area contributed by atoms with Gasteiger partial charge in [-0.05, 0) is 55.3 Å². The molecular weight excluding hydrogens is 683 g/mol. The largest absolute Gasteiger partial charge is 0.569 e. The van der Waals surface area contributed by atoms with E-state index in [0.717, 1.165) is 45.4 Å². The number of hydrogen-bond donors (Lipinski definition) is 1. The van der Waals surface area contributed by atoms with Gasteiger partial charge < -0.3 is 10.0 Å². The molecule has 0 saturated heterocycles. The van der Waals surface area contributed by atoms with Crippen molar-refractivity contribution in [3.63, 3.8) is 0 Å². The van der Waals surface area contributed by atoms with Gasteiger partial charge in [-0.1, -0.05) is 55.8 Å². The predicted molar refractivity (Wildman–Crippen MR) is 169 cm³/mol. The number of likely N-dealkylation sites (N-methyl/N-ethyl adjacent to an activating group) is 1. The minimum atomic E-state index is -4.74. The van der Waals surface area contributed by atoms with Crippen molar-refractivity contribution < 1.29 is 45.8 Å². The van der Waals surface area contributed by atoms with Crippen LogP contribution in [0.25, 0.3) is 16.9 Å². The van der Waals surface area contributed by atoms with E-state index in [9.17, 15) is 41.2 Å². The highest BCUT2D eigenvalue weighted by atomic mass is 32.2. The minimum Gasteiger partial charge on any atom is -0.569 e.